The van der Waals surface area contributed by atoms with E-state index in [9.17, 15) is 19.6 Å². The molecule has 1 N–H and O–H groups in total. The minimum Gasteiger partial charge on any atom is -0.455 e. The van der Waals surface area contributed by atoms with Gasteiger partial charge in [0, 0.05) is 6.07 Å². The van der Waals surface area contributed by atoms with Gasteiger partial charge in [0.25, 0.3) is 5.69 Å². The van der Waals surface area contributed by atoms with Crippen LogP contribution in [0.3, 0.4) is 0 Å². The Morgan fingerprint density at radius 2 is 2.05 bits per heavy atom. The summed E-state index contributed by atoms with van der Waals surface area (Å²) in [5.41, 5.74) is -0.154. The third-order valence-electron chi connectivity index (χ3n) is 2.78. The third kappa shape index (κ3) is 3.37. The van der Waals surface area contributed by atoms with Crippen LogP contribution in [0.2, 0.25) is 0 Å². The van der Waals surface area contributed by atoms with Crippen LogP contribution < -0.4 is 4.74 Å². The summed E-state index contributed by atoms with van der Waals surface area (Å²) in [5, 5.41) is 20.4. The maximum absolute atomic E-state index is 13.8. The van der Waals surface area contributed by atoms with Crippen molar-refractivity contribution in [2.45, 2.75) is 13.0 Å². The summed E-state index contributed by atoms with van der Waals surface area (Å²) in [6, 6.07) is 8.13. The van der Waals surface area contributed by atoms with E-state index in [4.69, 9.17) is 4.74 Å². The standard InChI is InChI=1S/C14H11BrFNO4/c1-8(18)14-11(16)3-2-4-12(14)21-13-7-9(17(19)20)5-6-10(13)15/h2-8,18H,1H3/t8-/m1/s1. The molecule has 0 aliphatic rings. The lowest BCUT2D eigenvalue weighted by Crippen LogP contribution is -2.00. The smallest absolute Gasteiger partial charge is 0.273 e. The van der Waals surface area contributed by atoms with E-state index in [-0.39, 0.29) is 22.7 Å². The number of nitro groups is 1. The fraction of sp³-hybridized carbons (Fsp3) is 0.143. The molecule has 0 amide bonds. The van der Waals surface area contributed by atoms with Gasteiger partial charge in [0.1, 0.15) is 17.3 Å². The van der Waals surface area contributed by atoms with Crippen molar-refractivity contribution in [2.24, 2.45) is 0 Å². The lowest BCUT2D eigenvalue weighted by molar-refractivity contribution is -0.384. The molecule has 7 heteroatoms. The minimum absolute atomic E-state index is 0.00379. The molecular weight excluding hydrogens is 345 g/mol. The maximum atomic E-state index is 13.8. The summed E-state index contributed by atoms with van der Waals surface area (Å²) in [5.74, 6) is -0.341. The van der Waals surface area contributed by atoms with Crippen LogP contribution in [0.4, 0.5) is 10.1 Å². The van der Waals surface area contributed by atoms with E-state index in [2.05, 4.69) is 15.9 Å². The highest BCUT2D eigenvalue weighted by molar-refractivity contribution is 9.10. The zero-order valence-corrected chi connectivity index (χ0v) is 12.5. The van der Waals surface area contributed by atoms with Gasteiger partial charge in [-0.1, -0.05) is 6.07 Å². The summed E-state index contributed by atoms with van der Waals surface area (Å²) in [4.78, 5) is 10.2. The van der Waals surface area contributed by atoms with Gasteiger partial charge in [-0.05, 0) is 41.1 Å². The van der Waals surface area contributed by atoms with Gasteiger partial charge in [0.2, 0.25) is 0 Å². The molecule has 0 saturated carbocycles. The van der Waals surface area contributed by atoms with Crippen LogP contribution in [0, 0.1) is 15.9 Å². The lowest BCUT2D eigenvalue weighted by atomic mass is 10.1. The normalized spacial score (nSPS) is 12.0. The summed E-state index contributed by atoms with van der Waals surface area (Å²) in [6.45, 7) is 1.41. The first kappa shape index (κ1) is 15.4. The first-order chi connectivity index (χ1) is 9.90. The number of rotatable bonds is 4. The molecule has 2 aromatic rings. The molecule has 0 saturated heterocycles. The first-order valence-electron chi connectivity index (χ1n) is 5.98. The Bertz CT molecular complexity index is 691. The number of hydrogen-bond donors (Lipinski definition) is 1. The number of benzene rings is 2. The molecule has 0 fully saturated rings. The number of aliphatic hydroxyl groups is 1. The second kappa shape index (κ2) is 6.19. The molecule has 0 unspecified atom stereocenters. The fourth-order valence-corrected chi connectivity index (χ4v) is 2.14. The first-order valence-corrected chi connectivity index (χ1v) is 6.77. The Labute approximate surface area is 128 Å². The number of aliphatic hydroxyl groups excluding tert-OH is 1. The predicted octanol–water partition coefficient (Wildman–Crippen LogP) is 4.34. The quantitative estimate of drug-likeness (QED) is 0.653. The van der Waals surface area contributed by atoms with Crippen LogP contribution in [0.5, 0.6) is 11.5 Å². The summed E-state index contributed by atoms with van der Waals surface area (Å²) in [7, 11) is 0. The average Bonchev–Trinajstić information content (AvgIpc) is 2.40. The van der Waals surface area contributed by atoms with Crippen LogP contribution >= 0.6 is 15.9 Å². The van der Waals surface area contributed by atoms with Crippen molar-refractivity contribution in [3.05, 3.63) is 62.4 Å². The van der Waals surface area contributed by atoms with E-state index in [1.807, 2.05) is 0 Å². The van der Waals surface area contributed by atoms with Gasteiger partial charge < -0.3 is 9.84 Å². The number of halogens is 2. The summed E-state index contributed by atoms with van der Waals surface area (Å²) in [6.07, 6.45) is -1.07. The number of ether oxygens (including phenoxy) is 1. The van der Waals surface area contributed by atoms with Crippen LogP contribution in [-0.2, 0) is 0 Å². The van der Waals surface area contributed by atoms with Crippen LogP contribution in [-0.4, -0.2) is 10.0 Å². The highest BCUT2D eigenvalue weighted by Gasteiger charge is 2.17. The second-order valence-electron chi connectivity index (χ2n) is 4.30. The van der Waals surface area contributed by atoms with Gasteiger partial charge in [0.05, 0.1) is 27.1 Å². The minimum atomic E-state index is -1.07. The van der Waals surface area contributed by atoms with Crippen molar-refractivity contribution in [1.29, 1.82) is 0 Å². The van der Waals surface area contributed by atoms with E-state index in [1.54, 1.807) is 0 Å². The molecule has 0 aliphatic heterocycles. The molecule has 2 rings (SSSR count). The van der Waals surface area contributed by atoms with Crippen molar-refractivity contribution in [3.63, 3.8) is 0 Å². The number of non-ortho nitro benzene ring substituents is 1. The van der Waals surface area contributed by atoms with Crippen molar-refractivity contribution < 1.29 is 19.2 Å². The van der Waals surface area contributed by atoms with Crippen LogP contribution in [0.1, 0.15) is 18.6 Å². The monoisotopic (exact) mass is 355 g/mol. The van der Waals surface area contributed by atoms with Crippen molar-refractivity contribution >= 4 is 21.6 Å². The zero-order chi connectivity index (χ0) is 15.6. The summed E-state index contributed by atoms with van der Waals surface area (Å²) >= 11 is 3.21. The largest absolute Gasteiger partial charge is 0.455 e. The Balaban J connectivity index is 2.45. The fourth-order valence-electron chi connectivity index (χ4n) is 1.81. The predicted molar refractivity (Wildman–Crippen MR) is 77.9 cm³/mol. The molecule has 0 radical (unpaired) electrons. The van der Waals surface area contributed by atoms with Crippen molar-refractivity contribution in [2.75, 3.05) is 0 Å². The van der Waals surface area contributed by atoms with E-state index in [0.29, 0.717) is 4.47 Å². The highest BCUT2D eigenvalue weighted by atomic mass is 79.9. The van der Waals surface area contributed by atoms with Crippen LogP contribution in [0.15, 0.2) is 40.9 Å². The number of nitro benzene ring substituents is 1. The Kier molecular flexibility index (Phi) is 4.54. The topological polar surface area (TPSA) is 72.6 Å². The molecule has 0 bridgehead atoms. The second-order valence-corrected chi connectivity index (χ2v) is 5.16. The van der Waals surface area contributed by atoms with Gasteiger partial charge in [-0.25, -0.2) is 4.39 Å². The molecular formula is C14H11BrFNO4. The summed E-state index contributed by atoms with van der Waals surface area (Å²) < 4.78 is 19.8. The Morgan fingerprint density at radius 3 is 2.67 bits per heavy atom. The zero-order valence-electron chi connectivity index (χ0n) is 10.9. The van der Waals surface area contributed by atoms with Gasteiger partial charge in [-0.3, -0.25) is 10.1 Å². The number of nitrogens with zero attached hydrogens (tertiary/aromatic N) is 1. The van der Waals surface area contributed by atoms with E-state index in [1.165, 1.54) is 43.3 Å². The van der Waals surface area contributed by atoms with Gasteiger partial charge in [-0.2, -0.15) is 0 Å². The highest BCUT2D eigenvalue weighted by Crippen LogP contribution is 2.36. The molecule has 0 aliphatic carbocycles. The third-order valence-corrected chi connectivity index (χ3v) is 3.43. The number of hydrogen-bond acceptors (Lipinski definition) is 4. The van der Waals surface area contributed by atoms with Crippen molar-refractivity contribution in [3.8, 4) is 11.5 Å². The molecule has 0 spiro atoms. The molecule has 0 heterocycles. The molecule has 5 nitrogen and oxygen atoms in total. The van der Waals surface area contributed by atoms with E-state index in [0.717, 1.165) is 0 Å². The van der Waals surface area contributed by atoms with Crippen LogP contribution in [0.25, 0.3) is 0 Å². The molecule has 1 atom stereocenters. The Hall–Kier alpha value is -1.99. The lowest BCUT2D eigenvalue weighted by Gasteiger charge is -2.14. The molecule has 0 aromatic heterocycles. The molecule has 2 aromatic carbocycles. The van der Waals surface area contributed by atoms with Gasteiger partial charge in [-0.15, -0.1) is 0 Å². The Morgan fingerprint density at radius 1 is 1.33 bits per heavy atom. The maximum Gasteiger partial charge on any atom is 0.273 e. The SMILES string of the molecule is C[C@@H](O)c1c(F)cccc1Oc1cc([N+](=O)[O-])ccc1Br. The molecule has 21 heavy (non-hydrogen) atoms. The van der Waals surface area contributed by atoms with Crippen molar-refractivity contribution in [1.82, 2.24) is 0 Å². The van der Waals surface area contributed by atoms with Gasteiger partial charge >= 0.3 is 0 Å². The average molecular weight is 356 g/mol. The van der Waals surface area contributed by atoms with E-state index >= 15 is 0 Å². The molecule has 110 valence electrons. The van der Waals surface area contributed by atoms with E-state index < -0.39 is 16.8 Å². The van der Waals surface area contributed by atoms with Gasteiger partial charge in [0.15, 0.2) is 0 Å².